The summed E-state index contributed by atoms with van der Waals surface area (Å²) < 4.78 is 5.17. The first kappa shape index (κ1) is 10.6. The Morgan fingerprint density at radius 2 is 2.33 bits per heavy atom. The van der Waals surface area contributed by atoms with Gasteiger partial charge in [0.25, 0.3) is 5.72 Å². The quantitative estimate of drug-likeness (QED) is 0.381. The van der Waals surface area contributed by atoms with Crippen LogP contribution in [-0.4, -0.2) is 17.4 Å². The largest absolute Gasteiger partial charge is 0.464 e. The van der Waals surface area contributed by atoms with Crippen LogP contribution in [0.4, 0.5) is 0 Å². The fourth-order valence-electron chi connectivity index (χ4n) is 1.57. The minimum Gasteiger partial charge on any atom is -0.464 e. The van der Waals surface area contributed by atoms with Crippen molar-refractivity contribution in [2.45, 2.75) is 24.3 Å². The molecule has 6 heteroatoms. The van der Waals surface area contributed by atoms with E-state index in [1.54, 1.807) is 12.1 Å². The van der Waals surface area contributed by atoms with Crippen LogP contribution in [0, 0.1) is 0 Å². The van der Waals surface area contributed by atoms with Gasteiger partial charge in [0, 0.05) is 0 Å². The molecule has 0 radical (unpaired) electrons. The van der Waals surface area contributed by atoms with Crippen LogP contribution in [0.3, 0.4) is 0 Å². The molecular weight excluding hydrogens is 198 g/mol. The Bertz CT molecular complexity index is 319. The first-order valence-electron chi connectivity index (χ1n) is 4.83. The Labute approximate surface area is 87.1 Å². The van der Waals surface area contributed by atoms with Gasteiger partial charge in [-0.1, -0.05) is 0 Å². The smallest absolute Gasteiger partial charge is 0.261 e. The molecule has 6 N–H and O–H groups in total. The fourth-order valence-corrected chi connectivity index (χ4v) is 1.57. The molecule has 0 aromatic carbocycles. The van der Waals surface area contributed by atoms with Crippen LogP contribution >= 0.6 is 0 Å². The summed E-state index contributed by atoms with van der Waals surface area (Å²) >= 11 is 0. The molecule has 6 nitrogen and oxygen atoms in total. The minimum atomic E-state index is -1.52. The van der Waals surface area contributed by atoms with Crippen molar-refractivity contribution in [3.05, 3.63) is 24.2 Å². The molecule has 84 valence electrons. The number of nitrogens with one attached hydrogen (secondary N) is 1. The molecule has 0 saturated carbocycles. The first-order valence-corrected chi connectivity index (χ1v) is 4.83. The molecule has 2 rings (SSSR count). The number of furan rings is 1. The van der Waals surface area contributed by atoms with Gasteiger partial charge in [0.15, 0.2) is 11.5 Å². The molecule has 1 aliphatic rings. The van der Waals surface area contributed by atoms with Gasteiger partial charge in [0.1, 0.15) is 0 Å². The van der Waals surface area contributed by atoms with Crippen LogP contribution in [0.1, 0.15) is 18.6 Å². The monoisotopic (exact) mass is 213 g/mol. The van der Waals surface area contributed by atoms with E-state index in [2.05, 4.69) is 5.48 Å². The van der Waals surface area contributed by atoms with Gasteiger partial charge in [-0.3, -0.25) is 10.6 Å². The Balaban J connectivity index is 2.15. The third-order valence-corrected chi connectivity index (χ3v) is 2.55. The summed E-state index contributed by atoms with van der Waals surface area (Å²) in [5, 5.41) is 10.1. The lowest BCUT2D eigenvalue weighted by molar-refractivity contribution is -0.0522. The Morgan fingerprint density at radius 3 is 2.80 bits per heavy atom. The highest BCUT2D eigenvalue weighted by molar-refractivity contribution is 5.18. The second-order valence-electron chi connectivity index (χ2n) is 3.68. The molecule has 0 spiro atoms. The number of nitrogens with two attached hydrogens (primary N) is 2. The highest BCUT2D eigenvalue weighted by Crippen LogP contribution is 2.42. The highest BCUT2D eigenvalue weighted by Gasteiger charge is 2.63. The van der Waals surface area contributed by atoms with Crippen LogP contribution in [0.25, 0.3) is 0 Å². The highest BCUT2D eigenvalue weighted by atomic mass is 16.8. The van der Waals surface area contributed by atoms with Gasteiger partial charge in [-0.2, -0.15) is 5.48 Å². The molecule has 0 aliphatic carbocycles. The van der Waals surface area contributed by atoms with Crippen LogP contribution in [-0.2, 0) is 10.6 Å². The molecule has 1 fully saturated rings. The first-order chi connectivity index (χ1) is 7.12. The normalized spacial score (nSPS) is 28.7. The van der Waals surface area contributed by atoms with Crippen molar-refractivity contribution in [3.8, 4) is 0 Å². The van der Waals surface area contributed by atoms with E-state index in [1.165, 1.54) is 6.26 Å². The summed E-state index contributed by atoms with van der Waals surface area (Å²) in [4.78, 5) is 5.04. The lowest BCUT2D eigenvalue weighted by Crippen LogP contribution is -2.53. The van der Waals surface area contributed by atoms with Crippen LogP contribution in [0.5, 0.6) is 0 Å². The fraction of sp³-hybridized carbons (Fsp3) is 0.556. The summed E-state index contributed by atoms with van der Waals surface area (Å²) in [7, 11) is 0. The molecular formula is C9H15N3O3. The second-order valence-corrected chi connectivity index (χ2v) is 3.68. The summed E-state index contributed by atoms with van der Waals surface area (Å²) in [6.07, 6.45) is 2.44. The molecule has 15 heavy (non-hydrogen) atoms. The molecule has 0 amide bonds. The van der Waals surface area contributed by atoms with Crippen molar-refractivity contribution < 1.29 is 14.4 Å². The standard InChI is InChI=1S/C9H15N3O3/c10-5-2-4-8(11,13)9(12-15-9)7-3-1-6-14-7/h1,3,6,12-13H,2,4-5,10-11H2. The third kappa shape index (κ3) is 1.66. The summed E-state index contributed by atoms with van der Waals surface area (Å²) in [6.45, 7) is 0.466. The SMILES string of the molecule is NCCCC(N)(O)C1(c2ccco2)NO1. The second kappa shape index (κ2) is 3.58. The van der Waals surface area contributed by atoms with E-state index in [0.29, 0.717) is 25.1 Å². The van der Waals surface area contributed by atoms with Crippen LogP contribution < -0.4 is 16.9 Å². The predicted molar refractivity (Wildman–Crippen MR) is 52.0 cm³/mol. The minimum absolute atomic E-state index is 0.331. The van der Waals surface area contributed by atoms with Gasteiger partial charge >= 0.3 is 0 Å². The van der Waals surface area contributed by atoms with Crippen molar-refractivity contribution >= 4 is 0 Å². The number of hydroxylamine groups is 1. The van der Waals surface area contributed by atoms with Crippen LogP contribution in [0.15, 0.2) is 22.8 Å². The zero-order chi connectivity index (χ0) is 10.9. The van der Waals surface area contributed by atoms with Gasteiger partial charge in [0.05, 0.1) is 6.26 Å². The summed E-state index contributed by atoms with van der Waals surface area (Å²) in [5.74, 6) is 0.463. The Kier molecular flexibility index (Phi) is 2.53. The molecule has 2 unspecified atom stereocenters. The molecule has 1 aromatic heterocycles. The number of hydrogen-bond acceptors (Lipinski definition) is 6. The van der Waals surface area contributed by atoms with Gasteiger partial charge < -0.3 is 15.3 Å². The van der Waals surface area contributed by atoms with Crippen molar-refractivity contribution in [3.63, 3.8) is 0 Å². The van der Waals surface area contributed by atoms with E-state index in [1.807, 2.05) is 0 Å². The van der Waals surface area contributed by atoms with E-state index in [9.17, 15) is 5.11 Å². The van der Waals surface area contributed by atoms with Crippen molar-refractivity contribution in [2.75, 3.05) is 6.54 Å². The lowest BCUT2D eigenvalue weighted by atomic mass is 9.95. The van der Waals surface area contributed by atoms with E-state index in [0.717, 1.165) is 0 Å². The van der Waals surface area contributed by atoms with Crippen LogP contribution in [0.2, 0.25) is 0 Å². The number of aliphatic hydroxyl groups is 1. The summed E-state index contributed by atoms with van der Waals surface area (Å²) in [5.41, 5.74) is 11.1. The predicted octanol–water partition coefficient (Wildman–Crippen LogP) is -0.647. The summed E-state index contributed by atoms with van der Waals surface area (Å²) in [6, 6.07) is 3.40. The number of hydrogen-bond donors (Lipinski definition) is 4. The topological polar surface area (TPSA) is 120 Å². The maximum absolute atomic E-state index is 10.1. The van der Waals surface area contributed by atoms with E-state index < -0.39 is 11.4 Å². The molecule has 0 bridgehead atoms. The maximum Gasteiger partial charge on any atom is 0.261 e. The zero-order valence-electron chi connectivity index (χ0n) is 8.27. The maximum atomic E-state index is 10.1. The van der Waals surface area contributed by atoms with E-state index in [4.69, 9.17) is 20.7 Å². The zero-order valence-corrected chi connectivity index (χ0v) is 8.27. The average Bonchev–Trinajstić information content (AvgIpc) is 2.86. The van der Waals surface area contributed by atoms with Gasteiger partial charge in [-0.05, 0) is 31.5 Å². The van der Waals surface area contributed by atoms with Crippen molar-refractivity contribution in [1.82, 2.24) is 5.48 Å². The van der Waals surface area contributed by atoms with Crippen molar-refractivity contribution in [2.24, 2.45) is 11.5 Å². The van der Waals surface area contributed by atoms with E-state index >= 15 is 0 Å². The Hall–Kier alpha value is -0.920. The molecule has 2 heterocycles. The number of rotatable bonds is 5. The molecule has 1 saturated heterocycles. The molecule has 1 aromatic rings. The average molecular weight is 213 g/mol. The van der Waals surface area contributed by atoms with Crippen molar-refractivity contribution in [1.29, 1.82) is 0 Å². The molecule has 2 atom stereocenters. The lowest BCUT2D eigenvalue weighted by Gasteiger charge is -2.26. The van der Waals surface area contributed by atoms with Gasteiger partial charge in [0.2, 0.25) is 0 Å². The molecule has 1 aliphatic heterocycles. The van der Waals surface area contributed by atoms with Gasteiger partial charge in [-0.25, -0.2) is 0 Å². The van der Waals surface area contributed by atoms with E-state index in [-0.39, 0.29) is 0 Å². The van der Waals surface area contributed by atoms with Gasteiger partial charge in [-0.15, -0.1) is 0 Å². The third-order valence-electron chi connectivity index (χ3n) is 2.55. The Morgan fingerprint density at radius 1 is 1.60 bits per heavy atom.